The Bertz CT molecular complexity index is 614. The van der Waals surface area contributed by atoms with Gasteiger partial charge < -0.3 is 20.5 Å². The molecule has 0 radical (unpaired) electrons. The van der Waals surface area contributed by atoms with E-state index >= 15 is 0 Å². The van der Waals surface area contributed by atoms with Crippen LogP contribution in [0.1, 0.15) is 37.0 Å². The van der Waals surface area contributed by atoms with Crippen molar-refractivity contribution in [2.45, 2.75) is 38.9 Å². The maximum absolute atomic E-state index is 12.3. The van der Waals surface area contributed by atoms with Crippen LogP contribution in [0.3, 0.4) is 0 Å². The van der Waals surface area contributed by atoms with Crippen molar-refractivity contribution in [3.05, 3.63) is 29.8 Å². The summed E-state index contributed by atoms with van der Waals surface area (Å²) >= 11 is 0. The van der Waals surface area contributed by atoms with E-state index in [4.69, 9.17) is 9.84 Å². The Labute approximate surface area is 140 Å². The summed E-state index contributed by atoms with van der Waals surface area (Å²) in [4.78, 5) is 34.5. The number of carboxylic acids is 1. The van der Waals surface area contributed by atoms with Crippen LogP contribution >= 0.6 is 0 Å². The Morgan fingerprint density at radius 1 is 1.21 bits per heavy atom. The quantitative estimate of drug-likeness (QED) is 0.733. The maximum atomic E-state index is 12.3. The lowest BCUT2D eigenvalue weighted by atomic mass is 9.99. The van der Waals surface area contributed by atoms with Gasteiger partial charge in [0, 0.05) is 17.8 Å². The molecule has 1 aliphatic heterocycles. The van der Waals surface area contributed by atoms with Crippen LogP contribution in [0, 0.1) is 5.92 Å². The van der Waals surface area contributed by atoms with Gasteiger partial charge in [-0.3, -0.25) is 14.4 Å². The van der Waals surface area contributed by atoms with Crippen molar-refractivity contribution in [2.75, 3.05) is 11.9 Å². The molecule has 0 aliphatic carbocycles. The van der Waals surface area contributed by atoms with Crippen LogP contribution in [0.15, 0.2) is 24.3 Å². The fourth-order valence-electron chi connectivity index (χ4n) is 2.71. The van der Waals surface area contributed by atoms with Gasteiger partial charge in [-0.15, -0.1) is 0 Å². The van der Waals surface area contributed by atoms with Gasteiger partial charge >= 0.3 is 5.97 Å². The van der Waals surface area contributed by atoms with E-state index in [0.717, 1.165) is 0 Å². The SMILES string of the molecule is CC1CC(C(=O)Nc2ccc(C(=O)NCCC(=O)O)cc2)C(C)O1. The molecule has 3 atom stereocenters. The van der Waals surface area contributed by atoms with Crippen molar-refractivity contribution in [3.8, 4) is 0 Å². The molecule has 2 rings (SSSR count). The van der Waals surface area contributed by atoms with Gasteiger partial charge in [0.2, 0.25) is 5.91 Å². The summed E-state index contributed by atoms with van der Waals surface area (Å²) in [5, 5.41) is 13.9. The van der Waals surface area contributed by atoms with Crippen LogP contribution in [0.25, 0.3) is 0 Å². The van der Waals surface area contributed by atoms with E-state index in [1.165, 1.54) is 0 Å². The van der Waals surface area contributed by atoms with E-state index in [1.54, 1.807) is 24.3 Å². The number of carbonyl (C=O) groups excluding carboxylic acids is 2. The molecule has 3 N–H and O–H groups in total. The highest BCUT2D eigenvalue weighted by Gasteiger charge is 2.34. The molecule has 24 heavy (non-hydrogen) atoms. The van der Waals surface area contributed by atoms with Gasteiger partial charge in [-0.1, -0.05) is 0 Å². The first-order valence-electron chi connectivity index (χ1n) is 7.93. The van der Waals surface area contributed by atoms with Gasteiger partial charge in [-0.25, -0.2) is 0 Å². The molecule has 1 saturated heterocycles. The Balaban J connectivity index is 1.88. The van der Waals surface area contributed by atoms with Crippen LogP contribution in [-0.4, -0.2) is 41.6 Å². The number of carboxylic acid groups (broad SMARTS) is 1. The maximum Gasteiger partial charge on any atom is 0.305 e. The summed E-state index contributed by atoms with van der Waals surface area (Å²) in [7, 11) is 0. The van der Waals surface area contributed by atoms with Crippen LogP contribution in [0.5, 0.6) is 0 Å². The molecule has 0 bridgehead atoms. The predicted molar refractivity (Wildman–Crippen MR) is 87.8 cm³/mol. The van der Waals surface area contributed by atoms with Crippen molar-refractivity contribution >= 4 is 23.5 Å². The Hall–Kier alpha value is -2.41. The molecule has 1 aromatic carbocycles. The predicted octanol–water partition coefficient (Wildman–Crippen LogP) is 1.64. The number of rotatable bonds is 6. The highest BCUT2D eigenvalue weighted by molar-refractivity contribution is 5.96. The van der Waals surface area contributed by atoms with Crippen molar-refractivity contribution in [2.24, 2.45) is 5.92 Å². The minimum atomic E-state index is -0.965. The normalized spacial score (nSPS) is 22.8. The Kier molecular flexibility index (Phi) is 5.92. The number of hydrogen-bond donors (Lipinski definition) is 3. The van der Waals surface area contributed by atoms with Crippen LogP contribution in [-0.2, 0) is 14.3 Å². The topological polar surface area (TPSA) is 105 Å². The molecule has 1 aliphatic rings. The van der Waals surface area contributed by atoms with Crippen LogP contribution in [0.4, 0.5) is 5.69 Å². The molecule has 1 heterocycles. The number of ether oxygens (including phenoxy) is 1. The highest BCUT2D eigenvalue weighted by atomic mass is 16.5. The van der Waals surface area contributed by atoms with Crippen LogP contribution < -0.4 is 10.6 Å². The van der Waals surface area contributed by atoms with Crippen molar-refractivity contribution < 1.29 is 24.2 Å². The molecular weight excluding hydrogens is 312 g/mol. The Morgan fingerprint density at radius 2 is 1.88 bits per heavy atom. The van der Waals surface area contributed by atoms with Crippen molar-refractivity contribution in [3.63, 3.8) is 0 Å². The number of anilines is 1. The third-order valence-electron chi connectivity index (χ3n) is 3.98. The summed E-state index contributed by atoms with van der Waals surface area (Å²) in [6.45, 7) is 3.91. The molecule has 0 saturated carbocycles. The summed E-state index contributed by atoms with van der Waals surface area (Å²) in [6.07, 6.45) is 0.531. The number of amides is 2. The fraction of sp³-hybridized carbons (Fsp3) is 0.471. The second-order valence-electron chi connectivity index (χ2n) is 5.96. The van der Waals surface area contributed by atoms with E-state index in [1.807, 2.05) is 13.8 Å². The van der Waals surface area contributed by atoms with E-state index < -0.39 is 5.97 Å². The van der Waals surface area contributed by atoms with E-state index in [9.17, 15) is 14.4 Å². The zero-order chi connectivity index (χ0) is 17.7. The third-order valence-corrected chi connectivity index (χ3v) is 3.98. The average Bonchev–Trinajstić information content (AvgIpc) is 2.86. The number of nitrogens with one attached hydrogen (secondary N) is 2. The summed E-state index contributed by atoms with van der Waals surface area (Å²) in [5.41, 5.74) is 1.01. The first kappa shape index (κ1) is 17.9. The zero-order valence-corrected chi connectivity index (χ0v) is 13.7. The zero-order valence-electron chi connectivity index (χ0n) is 13.7. The fourth-order valence-corrected chi connectivity index (χ4v) is 2.71. The van der Waals surface area contributed by atoms with Gasteiger partial charge in [0.1, 0.15) is 0 Å². The second-order valence-corrected chi connectivity index (χ2v) is 5.96. The van der Waals surface area contributed by atoms with Gasteiger partial charge in [0.25, 0.3) is 5.91 Å². The minimum Gasteiger partial charge on any atom is -0.481 e. The van der Waals surface area contributed by atoms with Gasteiger partial charge in [-0.2, -0.15) is 0 Å². The lowest BCUT2D eigenvalue weighted by Gasteiger charge is -2.14. The van der Waals surface area contributed by atoms with Crippen molar-refractivity contribution in [1.82, 2.24) is 5.32 Å². The summed E-state index contributed by atoms with van der Waals surface area (Å²) in [6, 6.07) is 6.47. The van der Waals surface area contributed by atoms with E-state index in [0.29, 0.717) is 17.7 Å². The van der Waals surface area contributed by atoms with Crippen LogP contribution in [0.2, 0.25) is 0 Å². The number of benzene rings is 1. The van der Waals surface area contributed by atoms with E-state index in [-0.39, 0.29) is 42.9 Å². The van der Waals surface area contributed by atoms with E-state index in [2.05, 4.69) is 10.6 Å². The van der Waals surface area contributed by atoms with Gasteiger partial charge in [0.15, 0.2) is 0 Å². The molecule has 3 unspecified atom stereocenters. The standard InChI is InChI=1S/C17H22N2O5/c1-10-9-14(11(2)24-10)17(23)19-13-5-3-12(4-6-13)16(22)18-8-7-15(20)21/h3-6,10-11,14H,7-9H2,1-2H3,(H,18,22)(H,19,23)(H,20,21). The lowest BCUT2D eigenvalue weighted by molar-refractivity contribution is -0.136. The third kappa shape index (κ3) is 4.79. The summed E-state index contributed by atoms with van der Waals surface area (Å²) < 4.78 is 5.58. The molecule has 130 valence electrons. The lowest BCUT2D eigenvalue weighted by Crippen LogP contribution is -2.28. The summed E-state index contributed by atoms with van der Waals surface area (Å²) in [5.74, 6) is -1.59. The number of hydrogen-bond acceptors (Lipinski definition) is 4. The molecular formula is C17H22N2O5. The molecule has 0 aromatic heterocycles. The average molecular weight is 334 g/mol. The smallest absolute Gasteiger partial charge is 0.305 e. The first-order chi connectivity index (χ1) is 11.4. The second kappa shape index (κ2) is 7.92. The molecule has 0 spiro atoms. The first-order valence-corrected chi connectivity index (χ1v) is 7.93. The van der Waals surface area contributed by atoms with Gasteiger partial charge in [-0.05, 0) is 44.5 Å². The van der Waals surface area contributed by atoms with Gasteiger partial charge in [0.05, 0.1) is 24.5 Å². The van der Waals surface area contributed by atoms with Crippen molar-refractivity contribution in [1.29, 1.82) is 0 Å². The molecule has 1 aromatic rings. The Morgan fingerprint density at radius 3 is 2.42 bits per heavy atom. The minimum absolute atomic E-state index is 0.0738. The molecule has 7 heteroatoms. The number of aliphatic carboxylic acids is 1. The number of carbonyl (C=O) groups is 3. The monoisotopic (exact) mass is 334 g/mol. The molecule has 2 amide bonds. The highest BCUT2D eigenvalue weighted by Crippen LogP contribution is 2.27. The molecule has 7 nitrogen and oxygen atoms in total. The molecule has 1 fully saturated rings. The largest absolute Gasteiger partial charge is 0.481 e.